The van der Waals surface area contributed by atoms with Crippen LogP contribution in [0.3, 0.4) is 0 Å². The lowest BCUT2D eigenvalue weighted by Crippen LogP contribution is -2.26. The fraction of sp³-hybridized carbons (Fsp3) is 0.161. The first-order valence-corrected chi connectivity index (χ1v) is 12.5. The number of hydrogen-bond acceptors (Lipinski definition) is 4. The molecule has 5 rings (SSSR count). The molecule has 0 aliphatic carbocycles. The Morgan fingerprint density at radius 2 is 1.61 bits per heavy atom. The Bertz CT molecular complexity index is 1620. The Hall–Kier alpha value is -4.78. The summed E-state index contributed by atoms with van der Waals surface area (Å²) < 4.78 is 2.29. The molecule has 0 radical (unpaired) electrons. The van der Waals surface area contributed by atoms with E-state index in [9.17, 15) is 14.9 Å². The molecule has 1 atom stereocenters. The van der Waals surface area contributed by atoms with E-state index in [-0.39, 0.29) is 17.6 Å². The molecule has 0 aliphatic heterocycles. The maximum atomic E-state index is 13.1. The number of carbonyl (C=O) groups is 1. The topological polar surface area (TPSA) is 90.1 Å². The molecule has 0 saturated carbocycles. The molecule has 3 aromatic carbocycles. The third-order valence-electron chi connectivity index (χ3n) is 7.16. The van der Waals surface area contributed by atoms with Crippen LogP contribution in [0.1, 0.15) is 45.7 Å². The smallest absolute Gasteiger partial charge is 0.269 e. The molecule has 0 bridgehead atoms. The number of nitro groups is 1. The van der Waals surface area contributed by atoms with Crippen LogP contribution in [0.5, 0.6) is 0 Å². The number of aryl methyl sites for hydroxylation is 1. The highest BCUT2D eigenvalue weighted by atomic mass is 16.6. The Morgan fingerprint density at radius 1 is 0.947 bits per heavy atom. The highest BCUT2D eigenvalue weighted by Crippen LogP contribution is 2.28. The molecule has 0 fully saturated rings. The van der Waals surface area contributed by atoms with Crippen LogP contribution >= 0.6 is 0 Å². The highest BCUT2D eigenvalue weighted by Gasteiger charge is 2.17. The molecule has 1 amide bonds. The standard InChI is InChI=1S/C31H28N4O3/c1-20-22(3)34(19-23-4-6-25(7-5-23)26-14-16-32-17-15-26)30-13-10-27(18-29(20)30)31(36)33-21(2)24-8-11-28(12-9-24)35(37)38/h4-18,21H,19H2,1-3H3,(H,33,36). The SMILES string of the molecule is Cc1c(C)n(Cc2ccc(-c3ccncc3)cc2)c2ccc(C(=O)NC(C)c3ccc([N+](=O)[O-])cc3)cc12. The van der Waals surface area contributed by atoms with Crippen LogP contribution in [0.4, 0.5) is 5.69 Å². The van der Waals surface area contributed by atoms with E-state index in [0.717, 1.165) is 45.4 Å². The molecule has 2 heterocycles. The first-order valence-electron chi connectivity index (χ1n) is 12.5. The van der Waals surface area contributed by atoms with Gasteiger partial charge in [-0.3, -0.25) is 19.9 Å². The van der Waals surface area contributed by atoms with Crippen molar-refractivity contribution in [2.24, 2.45) is 0 Å². The van der Waals surface area contributed by atoms with Crippen LogP contribution in [0.2, 0.25) is 0 Å². The molecule has 7 heteroatoms. The molecule has 0 aliphatic rings. The monoisotopic (exact) mass is 504 g/mol. The first-order chi connectivity index (χ1) is 18.3. The molecule has 1 N–H and O–H groups in total. The summed E-state index contributed by atoms with van der Waals surface area (Å²) in [5.74, 6) is -0.186. The number of carbonyl (C=O) groups excluding carboxylic acids is 1. The zero-order chi connectivity index (χ0) is 26.8. The van der Waals surface area contributed by atoms with E-state index in [1.807, 2.05) is 37.3 Å². The quantitative estimate of drug-likeness (QED) is 0.196. The van der Waals surface area contributed by atoms with Crippen LogP contribution in [0, 0.1) is 24.0 Å². The Balaban J connectivity index is 1.35. The maximum Gasteiger partial charge on any atom is 0.269 e. The van der Waals surface area contributed by atoms with Crippen molar-refractivity contribution >= 4 is 22.5 Å². The van der Waals surface area contributed by atoms with Crippen LogP contribution in [-0.2, 0) is 6.54 Å². The van der Waals surface area contributed by atoms with Crippen LogP contribution in [0.15, 0.2) is 91.3 Å². The molecule has 190 valence electrons. The molecule has 0 saturated heterocycles. The predicted molar refractivity (Wildman–Crippen MR) is 149 cm³/mol. The second kappa shape index (κ2) is 10.3. The van der Waals surface area contributed by atoms with Gasteiger partial charge < -0.3 is 9.88 Å². The van der Waals surface area contributed by atoms with Gasteiger partial charge in [-0.2, -0.15) is 0 Å². The van der Waals surface area contributed by atoms with Crippen molar-refractivity contribution in [3.05, 3.63) is 129 Å². The second-order valence-corrected chi connectivity index (χ2v) is 9.51. The van der Waals surface area contributed by atoms with Gasteiger partial charge in [0.2, 0.25) is 0 Å². The Kier molecular flexibility index (Phi) is 6.75. The average Bonchev–Trinajstić information content (AvgIpc) is 3.18. The molecule has 7 nitrogen and oxygen atoms in total. The number of nitro benzene ring substituents is 1. The number of benzene rings is 3. The molecule has 2 aromatic heterocycles. The van der Waals surface area contributed by atoms with Gasteiger partial charge in [0, 0.05) is 53.2 Å². The van der Waals surface area contributed by atoms with E-state index in [1.54, 1.807) is 24.5 Å². The van der Waals surface area contributed by atoms with Crippen LogP contribution in [0.25, 0.3) is 22.0 Å². The molecular weight excluding hydrogens is 476 g/mol. The summed E-state index contributed by atoms with van der Waals surface area (Å²) in [5.41, 5.74) is 8.28. The number of aromatic nitrogens is 2. The number of fused-ring (bicyclic) bond motifs is 1. The average molecular weight is 505 g/mol. The first kappa shape index (κ1) is 24.9. The van der Waals surface area contributed by atoms with Gasteiger partial charge in [0.15, 0.2) is 0 Å². The van der Waals surface area contributed by atoms with Gasteiger partial charge in [0.05, 0.1) is 11.0 Å². The molecule has 5 aromatic rings. The van der Waals surface area contributed by atoms with E-state index in [4.69, 9.17) is 0 Å². The van der Waals surface area contributed by atoms with Gasteiger partial charge in [-0.05, 0) is 78.9 Å². The number of amides is 1. The highest BCUT2D eigenvalue weighted by molar-refractivity contribution is 5.99. The number of rotatable bonds is 7. The Morgan fingerprint density at radius 3 is 2.26 bits per heavy atom. The molecule has 38 heavy (non-hydrogen) atoms. The third kappa shape index (κ3) is 4.91. The van der Waals surface area contributed by atoms with Gasteiger partial charge in [-0.1, -0.05) is 36.4 Å². The lowest BCUT2D eigenvalue weighted by atomic mass is 10.1. The Labute approximate surface area is 220 Å². The van der Waals surface area contributed by atoms with Crippen molar-refractivity contribution in [3.8, 4) is 11.1 Å². The summed E-state index contributed by atoms with van der Waals surface area (Å²) in [7, 11) is 0. The fourth-order valence-corrected chi connectivity index (χ4v) is 4.77. The van der Waals surface area contributed by atoms with E-state index in [2.05, 4.69) is 53.0 Å². The minimum atomic E-state index is -0.434. The summed E-state index contributed by atoms with van der Waals surface area (Å²) in [6.07, 6.45) is 3.60. The summed E-state index contributed by atoms with van der Waals surface area (Å²) >= 11 is 0. The number of nitrogens with zero attached hydrogens (tertiary/aromatic N) is 3. The van der Waals surface area contributed by atoms with Crippen molar-refractivity contribution in [3.63, 3.8) is 0 Å². The third-order valence-corrected chi connectivity index (χ3v) is 7.16. The minimum absolute atomic E-state index is 0.0257. The minimum Gasteiger partial charge on any atom is -0.346 e. The number of pyridine rings is 1. The molecular formula is C31H28N4O3. The molecule has 0 spiro atoms. The van der Waals surface area contributed by atoms with Gasteiger partial charge in [-0.15, -0.1) is 0 Å². The predicted octanol–water partition coefficient (Wildman–Crippen LogP) is 6.77. The number of nitrogens with one attached hydrogen (secondary N) is 1. The van der Waals surface area contributed by atoms with Gasteiger partial charge in [0.1, 0.15) is 0 Å². The van der Waals surface area contributed by atoms with Crippen molar-refractivity contribution in [1.29, 1.82) is 0 Å². The zero-order valence-corrected chi connectivity index (χ0v) is 21.5. The van der Waals surface area contributed by atoms with Crippen molar-refractivity contribution in [2.75, 3.05) is 0 Å². The number of non-ortho nitro benzene ring substituents is 1. The summed E-state index contributed by atoms with van der Waals surface area (Å²) in [6, 6.07) is 24.3. The van der Waals surface area contributed by atoms with E-state index < -0.39 is 4.92 Å². The summed E-state index contributed by atoms with van der Waals surface area (Å²) in [6.45, 7) is 6.79. The molecule has 1 unspecified atom stereocenters. The second-order valence-electron chi connectivity index (χ2n) is 9.51. The zero-order valence-electron chi connectivity index (χ0n) is 21.5. The lowest BCUT2D eigenvalue weighted by Gasteiger charge is -2.14. The summed E-state index contributed by atoms with van der Waals surface area (Å²) in [4.78, 5) is 27.6. The lowest BCUT2D eigenvalue weighted by molar-refractivity contribution is -0.384. The van der Waals surface area contributed by atoms with Crippen LogP contribution < -0.4 is 5.32 Å². The van der Waals surface area contributed by atoms with E-state index >= 15 is 0 Å². The van der Waals surface area contributed by atoms with Crippen molar-refractivity contribution < 1.29 is 9.72 Å². The fourth-order valence-electron chi connectivity index (χ4n) is 4.77. The van der Waals surface area contributed by atoms with Crippen LogP contribution in [-0.4, -0.2) is 20.4 Å². The van der Waals surface area contributed by atoms with E-state index in [0.29, 0.717) is 5.56 Å². The van der Waals surface area contributed by atoms with Gasteiger partial charge in [-0.25, -0.2) is 0 Å². The van der Waals surface area contributed by atoms with Crippen molar-refractivity contribution in [1.82, 2.24) is 14.9 Å². The van der Waals surface area contributed by atoms with Crippen molar-refractivity contribution in [2.45, 2.75) is 33.4 Å². The van der Waals surface area contributed by atoms with Gasteiger partial charge >= 0.3 is 0 Å². The maximum absolute atomic E-state index is 13.1. The van der Waals surface area contributed by atoms with Gasteiger partial charge in [0.25, 0.3) is 11.6 Å². The largest absolute Gasteiger partial charge is 0.346 e. The summed E-state index contributed by atoms with van der Waals surface area (Å²) in [5, 5.41) is 15.0. The number of hydrogen-bond donors (Lipinski definition) is 1. The normalized spacial score (nSPS) is 11.9. The van der Waals surface area contributed by atoms with E-state index in [1.165, 1.54) is 17.7 Å².